The molecule has 1 aromatic carbocycles. The fraction of sp³-hybridized carbons (Fsp3) is 0.500. The van der Waals surface area contributed by atoms with Crippen LogP contribution in [0, 0.1) is 0 Å². The minimum Gasteiger partial charge on any atom is -0.334 e. The second-order valence-corrected chi connectivity index (χ2v) is 5.77. The van der Waals surface area contributed by atoms with Crippen LogP contribution < -0.4 is 10.6 Å². The van der Waals surface area contributed by atoms with E-state index < -0.39 is 0 Å². The number of hydrogen-bond donors (Lipinski definition) is 2. The Morgan fingerprint density at radius 1 is 1.43 bits per heavy atom. The van der Waals surface area contributed by atoms with Gasteiger partial charge >= 0.3 is 0 Å². The lowest BCUT2D eigenvalue weighted by Gasteiger charge is -2.25. The van der Waals surface area contributed by atoms with E-state index in [1.54, 1.807) is 0 Å². The molecule has 2 N–H and O–H groups in total. The summed E-state index contributed by atoms with van der Waals surface area (Å²) in [6.45, 7) is 1.67. The maximum Gasteiger partial charge on any atom is 0.254 e. The molecule has 1 saturated heterocycles. The van der Waals surface area contributed by atoms with Crippen LogP contribution in [0.4, 0.5) is 5.69 Å². The van der Waals surface area contributed by atoms with Crippen LogP contribution in [0.15, 0.2) is 18.2 Å². The Kier molecular flexibility index (Phi) is 3.92. The molecule has 2 amide bonds. The number of likely N-dealkylation sites (tertiary alicyclic amines) is 1. The van der Waals surface area contributed by atoms with E-state index in [9.17, 15) is 9.59 Å². The van der Waals surface area contributed by atoms with E-state index in [0.717, 1.165) is 42.7 Å². The molecule has 2 heterocycles. The van der Waals surface area contributed by atoms with Gasteiger partial charge in [-0.3, -0.25) is 9.59 Å². The molecule has 1 aromatic rings. The fourth-order valence-electron chi connectivity index (χ4n) is 3.23. The lowest BCUT2D eigenvalue weighted by molar-refractivity contribution is -0.116. The van der Waals surface area contributed by atoms with Crippen LogP contribution >= 0.6 is 0 Å². The first kappa shape index (κ1) is 14.1. The molecule has 1 atom stereocenters. The molecule has 21 heavy (non-hydrogen) atoms. The van der Waals surface area contributed by atoms with E-state index in [0.29, 0.717) is 18.9 Å². The summed E-state index contributed by atoms with van der Waals surface area (Å²) in [5.74, 6) is 0.155. The number of carbonyl (C=O) groups excluding carboxylic acids is 2. The van der Waals surface area contributed by atoms with Crippen molar-refractivity contribution in [2.75, 3.05) is 25.5 Å². The fourth-order valence-corrected chi connectivity index (χ4v) is 3.23. The Morgan fingerprint density at radius 3 is 3.10 bits per heavy atom. The van der Waals surface area contributed by atoms with E-state index in [2.05, 4.69) is 10.6 Å². The zero-order chi connectivity index (χ0) is 14.8. The van der Waals surface area contributed by atoms with Crippen LogP contribution in [-0.2, 0) is 11.2 Å². The van der Waals surface area contributed by atoms with Crippen molar-refractivity contribution in [1.82, 2.24) is 10.2 Å². The number of fused-ring (bicyclic) bond motifs is 1. The number of anilines is 1. The summed E-state index contributed by atoms with van der Waals surface area (Å²) in [5.41, 5.74) is 2.63. The highest BCUT2D eigenvalue weighted by Crippen LogP contribution is 2.26. The number of hydrogen-bond acceptors (Lipinski definition) is 3. The molecule has 1 fully saturated rings. The number of nitrogens with zero attached hydrogens (tertiary/aromatic N) is 1. The number of aryl methyl sites for hydroxylation is 1. The van der Waals surface area contributed by atoms with Crippen molar-refractivity contribution in [3.05, 3.63) is 29.3 Å². The first-order chi connectivity index (χ1) is 10.2. The molecule has 5 nitrogen and oxygen atoms in total. The second-order valence-electron chi connectivity index (χ2n) is 5.77. The lowest BCUT2D eigenvalue weighted by atomic mass is 10.00. The SMILES string of the molecule is CNC[C@@H]1CCCN1C(=O)c1ccc2c(c1)CCC(=O)N2. The first-order valence-corrected chi connectivity index (χ1v) is 7.57. The van der Waals surface area contributed by atoms with Crippen molar-refractivity contribution >= 4 is 17.5 Å². The van der Waals surface area contributed by atoms with Gasteiger partial charge in [0.15, 0.2) is 0 Å². The van der Waals surface area contributed by atoms with Gasteiger partial charge in [-0.15, -0.1) is 0 Å². The summed E-state index contributed by atoms with van der Waals surface area (Å²) < 4.78 is 0. The van der Waals surface area contributed by atoms with Crippen molar-refractivity contribution in [3.63, 3.8) is 0 Å². The highest BCUT2D eigenvalue weighted by Gasteiger charge is 2.29. The summed E-state index contributed by atoms with van der Waals surface area (Å²) in [7, 11) is 1.92. The molecule has 0 radical (unpaired) electrons. The number of nitrogens with one attached hydrogen (secondary N) is 2. The summed E-state index contributed by atoms with van der Waals surface area (Å²) in [6.07, 6.45) is 3.34. The summed E-state index contributed by atoms with van der Waals surface area (Å²) in [6, 6.07) is 5.90. The Hall–Kier alpha value is -1.88. The summed E-state index contributed by atoms with van der Waals surface area (Å²) >= 11 is 0. The molecule has 5 heteroatoms. The number of amides is 2. The van der Waals surface area contributed by atoms with E-state index in [4.69, 9.17) is 0 Å². The Morgan fingerprint density at radius 2 is 2.29 bits per heavy atom. The number of benzene rings is 1. The van der Waals surface area contributed by atoms with Gasteiger partial charge in [-0.05, 0) is 50.1 Å². The second kappa shape index (κ2) is 5.85. The van der Waals surface area contributed by atoms with Crippen LogP contribution in [0.25, 0.3) is 0 Å². The van der Waals surface area contributed by atoms with E-state index >= 15 is 0 Å². The molecule has 0 aliphatic carbocycles. The summed E-state index contributed by atoms with van der Waals surface area (Å²) in [5, 5.41) is 6.01. The van der Waals surface area contributed by atoms with Crippen molar-refractivity contribution in [1.29, 1.82) is 0 Å². The molecule has 0 aromatic heterocycles. The molecule has 0 saturated carbocycles. The van der Waals surface area contributed by atoms with Gasteiger partial charge in [0.05, 0.1) is 0 Å². The van der Waals surface area contributed by atoms with Crippen molar-refractivity contribution in [3.8, 4) is 0 Å². The molecule has 3 rings (SSSR count). The van der Waals surface area contributed by atoms with Crippen LogP contribution in [0.5, 0.6) is 0 Å². The molecule has 0 bridgehead atoms. The Bertz CT molecular complexity index is 571. The molecule has 112 valence electrons. The third-order valence-electron chi connectivity index (χ3n) is 4.33. The van der Waals surface area contributed by atoms with Gasteiger partial charge in [0, 0.05) is 36.8 Å². The molecule has 2 aliphatic heterocycles. The standard InChI is InChI=1S/C16H21N3O2/c1-17-10-13-3-2-8-19(13)16(21)12-4-6-14-11(9-12)5-7-15(20)18-14/h4,6,9,13,17H,2-3,5,7-8,10H2,1H3,(H,18,20)/t13-/m0/s1. The average molecular weight is 287 g/mol. The smallest absolute Gasteiger partial charge is 0.254 e. The highest BCUT2D eigenvalue weighted by molar-refractivity contribution is 5.98. The summed E-state index contributed by atoms with van der Waals surface area (Å²) in [4.78, 5) is 26.0. The predicted molar refractivity (Wildman–Crippen MR) is 81.4 cm³/mol. The molecule has 0 unspecified atom stereocenters. The molecule has 2 aliphatic rings. The Labute approximate surface area is 124 Å². The molecule has 0 spiro atoms. The van der Waals surface area contributed by atoms with E-state index in [1.165, 1.54) is 0 Å². The first-order valence-electron chi connectivity index (χ1n) is 7.57. The molecular formula is C16H21N3O2. The van der Waals surface area contributed by atoms with E-state index in [1.807, 2.05) is 30.1 Å². The maximum absolute atomic E-state index is 12.7. The quantitative estimate of drug-likeness (QED) is 0.883. The topological polar surface area (TPSA) is 61.4 Å². The van der Waals surface area contributed by atoms with Gasteiger partial charge < -0.3 is 15.5 Å². The zero-order valence-corrected chi connectivity index (χ0v) is 12.3. The van der Waals surface area contributed by atoms with Gasteiger partial charge in [-0.2, -0.15) is 0 Å². The third-order valence-corrected chi connectivity index (χ3v) is 4.33. The number of carbonyl (C=O) groups is 2. The largest absolute Gasteiger partial charge is 0.334 e. The van der Waals surface area contributed by atoms with Crippen LogP contribution in [-0.4, -0.2) is 42.9 Å². The van der Waals surface area contributed by atoms with Crippen LogP contribution in [0.1, 0.15) is 35.2 Å². The predicted octanol–water partition coefficient (Wildman–Crippen LogP) is 1.40. The van der Waals surface area contributed by atoms with Gasteiger partial charge in [-0.25, -0.2) is 0 Å². The van der Waals surface area contributed by atoms with Gasteiger partial charge in [0.1, 0.15) is 0 Å². The molecular weight excluding hydrogens is 266 g/mol. The number of rotatable bonds is 3. The van der Waals surface area contributed by atoms with Gasteiger partial charge in [0.25, 0.3) is 5.91 Å². The van der Waals surface area contributed by atoms with Crippen molar-refractivity contribution in [2.24, 2.45) is 0 Å². The normalized spacial score (nSPS) is 21.1. The highest BCUT2D eigenvalue weighted by atomic mass is 16.2. The maximum atomic E-state index is 12.7. The average Bonchev–Trinajstić information content (AvgIpc) is 2.94. The van der Waals surface area contributed by atoms with Gasteiger partial charge in [0.2, 0.25) is 5.91 Å². The van der Waals surface area contributed by atoms with E-state index in [-0.39, 0.29) is 11.8 Å². The van der Waals surface area contributed by atoms with Crippen molar-refractivity contribution in [2.45, 2.75) is 31.7 Å². The Balaban J connectivity index is 1.80. The third kappa shape index (κ3) is 2.78. The van der Waals surface area contributed by atoms with Crippen LogP contribution in [0.3, 0.4) is 0 Å². The monoisotopic (exact) mass is 287 g/mol. The number of likely N-dealkylation sites (N-methyl/N-ethyl adjacent to an activating group) is 1. The zero-order valence-electron chi connectivity index (χ0n) is 12.3. The minimum atomic E-state index is 0.0511. The minimum absolute atomic E-state index is 0.0511. The van der Waals surface area contributed by atoms with Crippen LogP contribution in [0.2, 0.25) is 0 Å². The lowest BCUT2D eigenvalue weighted by Crippen LogP contribution is -2.40. The van der Waals surface area contributed by atoms with Gasteiger partial charge in [-0.1, -0.05) is 0 Å². The van der Waals surface area contributed by atoms with Crippen molar-refractivity contribution < 1.29 is 9.59 Å².